The number of hydrogen-bond donors (Lipinski definition) is 1. The molecule has 25 heavy (non-hydrogen) atoms. The van der Waals surface area contributed by atoms with Gasteiger partial charge in [-0.2, -0.15) is 0 Å². The van der Waals surface area contributed by atoms with Crippen molar-refractivity contribution in [3.05, 3.63) is 47.7 Å². The summed E-state index contributed by atoms with van der Waals surface area (Å²) in [5, 5.41) is 11.5. The van der Waals surface area contributed by atoms with Crippen LogP contribution in [0.3, 0.4) is 0 Å². The van der Waals surface area contributed by atoms with E-state index >= 15 is 0 Å². The summed E-state index contributed by atoms with van der Waals surface area (Å²) < 4.78 is 0. The minimum absolute atomic E-state index is 0.0118. The molecule has 1 aromatic carbocycles. The summed E-state index contributed by atoms with van der Waals surface area (Å²) in [7, 11) is 0. The van der Waals surface area contributed by atoms with Crippen molar-refractivity contribution in [2.24, 2.45) is 0 Å². The van der Waals surface area contributed by atoms with E-state index < -0.39 is 0 Å². The van der Waals surface area contributed by atoms with Crippen LogP contribution in [0.15, 0.2) is 36.4 Å². The number of rotatable bonds is 4. The molecule has 0 spiro atoms. The van der Waals surface area contributed by atoms with Crippen LogP contribution < -0.4 is 5.32 Å². The van der Waals surface area contributed by atoms with Gasteiger partial charge in [-0.15, -0.1) is 10.2 Å². The Morgan fingerprint density at radius 3 is 2.20 bits per heavy atom. The van der Waals surface area contributed by atoms with E-state index in [2.05, 4.69) is 41.5 Å². The second-order valence-electron chi connectivity index (χ2n) is 6.91. The molecule has 0 saturated carbocycles. The molecule has 132 valence electrons. The molecule has 2 aromatic rings. The summed E-state index contributed by atoms with van der Waals surface area (Å²) in [6, 6.07) is 11.9. The fourth-order valence-corrected chi connectivity index (χ4v) is 3.05. The summed E-state index contributed by atoms with van der Waals surface area (Å²) >= 11 is 0. The highest BCUT2D eigenvalue weighted by molar-refractivity contribution is 5.92. The molecule has 5 nitrogen and oxygen atoms in total. The minimum Gasteiger partial charge on any atom is -0.339 e. The van der Waals surface area contributed by atoms with Crippen molar-refractivity contribution in [2.45, 2.75) is 45.4 Å². The monoisotopic (exact) mass is 338 g/mol. The van der Waals surface area contributed by atoms with Crippen LogP contribution >= 0.6 is 0 Å². The summed E-state index contributed by atoms with van der Waals surface area (Å²) in [6.45, 7) is 5.99. The largest absolute Gasteiger partial charge is 0.339 e. The number of benzene rings is 1. The number of amides is 1. The van der Waals surface area contributed by atoms with Crippen molar-refractivity contribution in [1.82, 2.24) is 15.1 Å². The molecule has 1 fully saturated rings. The third-order valence-electron chi connectivity index (χ3n) is 4.63. The number of nitrogens with one attached hydrogen (secondary N) is 1. The van der Waals surface area contributed by atoms with Gasteiger partial charge in [0.2, 0.25) is 0 Å². The average Bonchev–Trinajstić information content (AvgIpc) is 2.92. The Balaban J connectivity index is 1.64. The second kappa shape index (κ2) is 8.10. The molecule has 1 saturated heterocycles. The van der Waals surface area contributed by atoms with E-state index in [1.165, 1.54) is 18.4 Å². The smallest absolute Gasteiger partial charge is 0.274 e. The van der Waals surface area contributed by atoms with Crippen LogP contribution in [0.1, 0.15) is 61.5 Å². The number of carbonyl (C=O) groups is 1. The SMILES string of the molecule is CC(C)c1ccc(Nc2ccc(C(=O)N3CCCCCC3)nn2)cc1. The molecule has 0 aliphatic carbocycles. The first-order chi connectivity index (χ1) is 12.1. The molecular weight excluding hydrogens is 312 g/mol. The average molecular weight is 338 g/mol. The quantitative estimate of drug-likeness (QED) is 0.900. The van der Waals surface area contributed by atoms with Crippen molar-refractivity contribution in [3.8, 4) is 0 Å². The molecule has 3 rings (SSSR count). The van der Waals surface area contributed by atoms with Crippen molar-refractivity contribution < 1.29 is 4.79 Å². The Morgan fingerprint density at radius 2 is 1.64 bits per heavy atom. The number of nitrogens with zero attached hydrogens (tertiary/aromatic N) is 3. The Kier molecular flexibility index (Phi) is 5.64. The number of carbonyl (C=O) groups excluding carboxylic acids is 1. The van der Waals surface area contributed by atoms with Crippen LogP contribution in [0.4, 0.5) is 11.5 Å². The standard InChI is InChI=1S/C20H26N4O/c1-15(2)16-7-9-17(10-8-16)21-19-12-11-18(22-23-19)20(25)24-13-5-3-4-6-14-24/h7-12,15H,3-6,13-14H2,1-2H3,(H,21,23). The third-order valence-corrected chi connectivity index (χ3v) is 4.63. The first kappa shape index (κ1) is 17.4. The Morgan fingerprint density at radius 1 is 0.960 bits per heavy atom. The van der Waals surface area contributed by atoms with Gasteiger partial charge < -0.3 is 10.2 Å². The molecule has 1 aliphatic heterocycles. The molecule has 0 unspecified atom stereocenters. The zero-order valence-electron chi connectivity index (χ0n) is 15.0. The predicted molar refractivity (Wildman–Crippen MR) is 100 cm³/mol. The summed E-state index contributed by atoms with van der Waals surface area (Å²) in [4.78, 5) is 14.4. The van der Waals surface area contributed by atoms with Gasteiger partial charge in [-0.05, 0) is 48.6 Å². The van der Waals surface area contributed by atoms with E-state index in [1.807, 2.05) is 23.1 Å². The number of likely N-dealkylation sites (tertiary alicyclic amines) is 1. The zero-order chi connectivity index (χ0) is 17.6. The van der Waals surface area contributed by atoms with Crippen molar-refractivity contribution in [2.75, 3.05) is 18.4 Å². The van der Waals surface area contributed by atoms with Gasteiger partial charge in [-0.3, -0.25) is 4.79 Å². The maximum absolute atomic E-state index is 12.5. The van der Waals surface area contributed by atoms with E-state index in [4.69, 9.17) is 0 Å². The van der Waals surface area contributed by atoms with E-state index in [9.17, 15) is 4.79 Å². The van der Waals surface area contributed by atoms with E-state index in [0.29, 0.717) is 17.4 Å². The van der Waals surface area contributed by atoms with Gasteiger partial charge in [0.15, 0.2) is 11.5 Å². The first-order valence-corrected chi connectivity index (χ1v) is 9.13. The maximum Gasteiger partial charge on any atom is 0.274 e. The van der Waals surface area contributed by atoms with E-state index in [-0.39, 0.29) is 5.91 Å². The number of anilines is 2. The normalized spacial score (nSPS) is 15.1. The lowest BCUT2D eigenvalue weighted by Gasteiger charge is -2.19. The van der Waals surface area contributed by atoms with Crippen LogP contribution in [0, 0.1) is 0 Å². The third kappa shape index (κ3) is 4.56. The summed E-state index contributed by atoms with van der Waals surface area (Å²) in [5.41, 5.74) is 2.68. The lowest BCUT2D eigenvalue weighted by molar-refractivity contribution is 0.0754. The Hall–Kier alpha value is -2.43. The summed E-state index contributed by atoms with van der Waals surface area (Å²) in [6.07, 6.45) is 4.55. The lowest BCUT2D eigenvalue weighted by Crippen LogP contribution is -2.32. The maximum atomic E-state index is 12.5. The number of hydrogen-bond acceptors (Lipinski definition) is 4. The molecule has 5 heteroatoms. The van der Waals surface area contributed by atoms with Crippen molar-refractivity contribution >= 4 is 17.4 Å². The predicted octanol–water partition coefficient (Wildman–Crippen LogP) is 4.36. The van der Waals surface area contributed by atoms with Crippen molar-refractivity contribution in [3.63, 3.8) is 0 Å². The van der Waals surface area contributed by atoms with Gasteiger partial charge in [0, 0.05) is 18.8 Å². The van der Waals surface area contributed by atoms with E-state index in [1.54, 1.807) is 6.07 Å². The Labute approximate surface area is 149 Å². The molecular formula is C20H26N4O. The van der Waals surface area contributed by atoms with Gasteiger partial charge in [-0.25, -0.2) is 0 Å². The van der Waals surface area contributed by atoms with Crippen LogP contribution in [0.2, 0.25) is 0 Å². The fraction of sp³-hybridized carbons (Fsp3) is 0.450. The van der Waals surface area contributed by atoms with Crippen molar-refractivity contribution in [1.29, 1.82) is 0 Å². The topological polar surface area (TPSA) is 58.1 Å². The molecule has 0 bridgehead atoms. The molecule has 1 amide bonds. The van der Waals surface area contributed by atoms with Gasteiger partial charge in [0.1, 0.15) is 0 Å². The van der Waals surface area contributed by atoms with Crippen LogP contribution in [-0.4, -0.2) is 34.1 Å². The van der Waals surface area contributed by atoms with Gasteiger partial charge >= 0.3 is 0 Å². The number of aromatic nitrogens is 2. The molecule has 1 aromatic heterocycles. The lowest BCUT2D eigenvalue weighted by atomic mass is 10.0. The second-order valence-corrected chi connectivity index (χ2v) is 6.91. The molecule has 2 heterocycles. The highest BCUT2D eigenvalue weighted by Gasteiger charge is 2.18. The van der Waals surface area contributed by atoms with Crippen LogP contribution in [-0.2, 0) is 0 Å². The van der Waals surface area contributed by atoms with Gasteiger partial charge in [0.25, 0.3) is 5.91 Å². The van der Waals surface area contributed by atoms with Crippen LogP contribution in [0.25, 0.3) is 0 Å². The van der Waals surface area contributed by atoms with Gasteiger partial charge in [-0.1, -0.05) is 38.8 Å². The minimum atomic E-state index is -0.0118. The molecule has 1 N–H and O–H groups in total. The fourth-order valence-electron chi connectivity index (χ4n) is 3.05. The zero-order valence-corrected chi connectivity index (χ0v) is 15.0. The molecule has 0 radical (unpaired) electrons. The molecule has 0 atom stereocenters. The van der Waals surface area contributed by atoms with E-state index in [0.717, 1.165) is 31.6 Å². The summed E-state index contributed by atoms with van der Waals surface area (Å²) in [5.74, 6) is 1.14. The first-order valence-electron chi connectivity index (χ1n) is 9.13. The highest BCUT2D eigenvalue weighted by Crippen LogP contribution is 2.19. The van der Waals surface area contributed by atoms with Crippen LogP contribution in [0.5, 0.6) is 0 Å². The molecule has 1 aliphatic rings. The van der Waals surface area contributed by atoms with Gasteiger partial charge in [0.05, 0.1) is 0 Å². The highest BCUT2D eigenvalue weighted by atomic mass is 16.2. The Bertz CT molecular complexity index is 687.